The van der Waals surface area contributed by atoms with Crippen LogP contribution in [0.25, 0.3) is 0 Å². The fraction of sp³-hybridized carbons (Fsp3) is 0.529. The van der Waals surface area contributed by atoms with Crippen molar-refractivity contribution in [1.29, 1.82) is 0 Å². The van der Waals surface area contributed by atoms with E-state index in [1.807, 2.05) is 26.0 Å². The molecule has 1 aromatic rings. The van der Waals surface area contributed by atoms with E-state index < -0.39 is 0 Å². The van der Waals surface area contributed by atoms with Crippen LogP contribution in [0.5, 0.6) is 0 Å². The first-order valence-corrected chi connectivity index (χ1v) is 8.34. The molecule has 0 aromatic heterocycles. The number of amides is 2. The van der Waals surface area contributed by atoms with E-state index in [0.29, 0.717) is 5.92 Å². The van der Waals surface area contributed by atoms with Gasteiger partial charge in [-0.25, -0.2) is 4.90 Å². The molecule has 2 amide bonds. The lowest BCUT2D eigenvalue weighted by atomic mass is 9.76. The van der Waals surface area contributed by atoms with E-state index in [9.17, 15) is 9.59 Å². The molecular formula is C17H20BrNO2. The number of fused-ring (bicyclic) bond motifs is 1. The summed E-state index contributed by atoms with van der Waals surface area (Å²) in [7, 11) is 0. The molecule has 1 saturated carbocycles. The molecule has 1 aliphatic heterocycles. The SMILES string of the molecule is Cc1c(Br)ccc(N2C(=O)[C@@H]3CC[C@@H](C)C[C@H]3C2=O)c1C. The van der Waals surface area contributed by atoms with Crippen molar-refractivity contribution in [3.63, 3.8) is 0 Å². The summed E-state index contributed by atoms with van der Waals surface area (Å²) in [6, 6.07) is 3.80. The Bertz CT molecular complexity index is 625. The molecule has 0 bridgehead atoms. The first-order valence-electron chi connectivity index (χ1n) is 7.55. The number of imide groups is 1. The van der Waals surface area contributed by atoms with E-state index in [1.165, 1.54) is 4.90 Å². The fourth-order valence-electron chi connectivity index (χ4n) is 3.64. The zero-order chi connectivity index (χ0) is 15.3. The molecule has 21 heavy (non-hydrogen) atoms. The minimum atomic E-state index is -0.107. The van der Waals surface area contributed by atoms with Gasteiger partial charge in [0.15, 0.2) is 0 Å². The maximum atomic E-state index is 12.7. The highest BCUT2D eigenvalue weighted by Crippen LogP contribution is 2.43. The van der Waals surface area contributed by atoms with Gasteiger partial charge >= 0.3 is 0 Å². The molecule has 112 valence electrons. The van der Waals surface area contributed by atoms with Crippen LogP contribution in [0, 0.1) is 31.6 Å². The van der Waals surface area contributed by atoms with Gasteiger partial charge in [0.1, 0.15) is 0 Å². The van der Waals surface area contributed by atoms with Crippen LogP contribution in [0.3, 0.4) is 0 Å². The van der Waals surface area contributed by atoms with Crippen molar-refractivity contribution in [1.82, 2.24) is 0 Å². The number of anilines is 1. The van der Waals surface area contributed by atoms with Gasteiger partial charge in [0.25, 0.3) is 0 Å². The summed E-state index contributed by atoms with van der Waals surface area (Å²) < 4.78 is 1.01. The van der Waals surface area contributed by atoms with Crippen LogP contribution in [-0.2, 0) is 9.59 Å². The number of nitrogens with zero attached hydrogens (tertiary/aromatic N) is 1. The molecule has 2 aliphatic rings. The van der Waals surface area contributed by atoms with Crippen LogP contribution in [0.2, 0.25) is 0 Å². The first kappa shape index (κ1) is 14.8. The smallest absolute Gasteiger partial charge is 0.237 e. The van der Waals surface area contributed by atoms with E-state index in [0.717, 1.165) is 40.5 Å². The van der Waals surface area contributed by atoms with Crippen LogP contribution in [-0.4, -0.2) is 11.8 Å². The second kappa shape index (κ2) is 5.24. The standard InChI is InChI=1S/C17H20BrNO2/c1-9-4-5-12-13(8-9)17(21)19(16(12)20)15-7-6-14(18)10(2)11(15)3/h6-7,9,12-13H,4-5,8H2,1-3H3/t9-,12-,13-/m1/s1. The molecule has 4 heteroatoms. The summed E-state index contributed by atoms with van der Waals surface area (Å²) >= 11 is 3.50. The molecule has 3 rings (SSSR count). The van der Waals surface area contributed by atoms with E-state index >= 15 is 0 Å². The third-order valence-corrected chi connectivity index (χ3v) is 5.98. The molecule has 1 saturated heterocycles. The number of hydrogen-bond donors (Lipinski definition) is 0. The molecule has 0 N–H and O–H groups in total. The van der Waals surface area contributed by atoms with Crippen molar-refractivity contribution in [2.45, 2.75) is 40.0 Å². The minimum absolute atomic E-state index is 0.00127. The lowest BCUT2D eigenvalue weighted by molar-refractivity contribution is -0.122. The van der Waals surface area contributed by atoms with E-state index in [4.69, 9.17) is 0 Å². The molecule has 0 spiro atoms. The van der Waals surface area contributed by atoms with Crippen molar-refractivity contribution >= 4 is 33.4 Å². The number of carbonyl (C=O) groups excluding carboxylic acids is 2. The maximum Gasteiger partial charge on any atom is 0.237 e. The topological polar surface area (TPSA) is 37.4 Å². The van der Waals surface area contributed by atoms with Gasteiger partial charge in [0.2, 0.25) is 11.8 Å². The predicted octanol–water partition coefficient (Wildman–Crippen LogP) is 3.99. The summed E-state index contributed by atoms with van der Waals surface area (Å²) in [6.45, 7) is 6.15. The molecule has 3 nitrogen and oxygen atoms in total. The van der Waals surface area contributed by atoms with Crippen LogP contribution in [0.15, 0.2) is 16.6 Å². The molecule has 3 atom stereocenters. The lowest BCUT2D eigenvalue weighted by Gasteiger charge is -2.25. The molecule has 1 heterocycles. The number of carbonyl (C=O) groups is 2. The monoisotopic (exact) mass is 349 g/mol. The lowest BCUT2D eigenvalue weighted by Crippen LogP contribution is -2.31. The number of benzene rings is 1. The highest BCUT2D eigenvalue weighted by molar-refractivity contribution is 9.10. The number of rotatable bonds is 1. The molecule has 1 aromatic carbocycles. The van der Waals surface area contributed by atoms with Crippen LogP contribution >= 0.6 is 15.9 Å². The van der Waals surface area contributed by atoms with Crippen molar-refractivity contribution in [2.75, 3.05) is 4.90 Å². The number of hydrogen-bond acceptors (Lipinski definition) is 2. The normalized spacial score (nSPS) is 29.0. The Balaban J connectivity index is 2.02. The second-order valence-electron chi connectivity index (χ2n) is 6.46. The van der Waals surface area contributed by atoms with Crippen molar-refractivity contribution in [2.24, 2.45) is 17.8 Å². The second-order valence-corrected chi connectivity index (χ2v) is 7.31. The van der Waals surface area contributed by atoms with Gasteiger partial charge in [-0.15, -0.1) is 0 Å². The average Bonchev–Trinajstić information content (AvgIpc) is 2.69. The zero-order valence-corrected chi connectivity index (χ0v) is 14.2. The van der Waals surface area contributed by atoms with E-state index in [2.05, 4.69) is 22.9 Å². The van der Waals surface area contributed by atoms with Crippen molar-refractivity contribution in [3.8, 4) is 0 Å². The molecule has 0 unspecified atom stereocenters. The third-order valence-electron chi connectivity index (χ3n) is 5.12. The quantitative estimate of drug-likeness (QED) is 0.718. The Kier molecular flexibility index (Phi) is 3.68. The maximum absolute atomic E-state index is 12.7. The minimum Gasteiger partial charge on any atom is -0.274 e. The van der Waals surface area contributed by atoms with Gasteiger partial charge in [-0.1, -0.05) is 22.9 Å². The molecular weight excluding hydrogens is 330 g/mol. The van der Waals surface area contributed by atoms with Gasteiger partial charge in [0.05, 0.1) is 17.5 Å². The van der Waals surface area contributed by atoms with E-state index in [-0.39, 0.29) is 23.7 Å². The largest absolute Gasteiger partial charge is 0.274 e. The summed E-state index contributed by atoms with van der Waals surface area (Å²) in [6.07, 6.45) is 2.74. The van der Waals surface area contributed by atoms with Crippen LogP contribution in [0.4, 0.5) is 5.69 Å². The predicted molar refractivity (Wildman–Crippen MR) is 86.1 cm³/mol. The van der Waals surface area contributed by atoms with Gasteiger partial charge in [-0.05, 0) is 62.3 Å². The Morgan fingerprint density at radius 1 is 1.05 bits per heavy atom. The Morgan fingerprint density at radius 3 is 2.43 bits per heavy atom. The van der Waals surface area contributed by atoms with Crippen molar-refractivity contribution < 1.29 is 9.59 Å². The highest BCUT2D eigenvalue weighted by Gasteiger charge is 2.50. The van der Waals surface area contributed by atoms with E-state index in [1.54, 1.807) is 0 Å². The summed E-state index contributed by atoms with van der Waals surface area (Å²) in [5, 5.41) is 0. The Morgan fingerprint density at radius 2 is 1.71 bits per heavy atom. The zero-order valence-electron chi connectivity index (χ0n) is 12.6. The summed E-state index contributed by atoms with van der Waals surface area (Å²) in [5.74, 6) is 0.334. The van der Waals surface area contributed by atoms with Gasteiger partial charge in [-0.3, -0.25) is 9.59 Å². The van der Waals surface area contributed by atoms with Crippen LogP contribution < -0.4 is 4.90 Å². The third kappa shape index (κ3) is 2.24. The summed E-state index contributed by atoms with van der Waals surface area (Å²) in [4.78, 5) is 26.9. The summed E-state index contributed by atoms with van der Waals surface area (Å²) in [5.41, 5.74) is 2.84. The Hall–Kier alpha value is -1.16. The highest BCUT2D eigenvalue weighted by atomic mass is 79.9. The fourth-order valence-corrected chi connectivity index (χ4v) is 4.07. The van der Waals surface area contributed by atoms with Gasteiger partial charge in [0, 0.05) is 4.47 Å². The van der Waals surface area contributed by atoms with Crippen molar-refractivity contribution in [3.05, 3.63) is 27.7 Å². The first-order chi connectivity index (χ1) is 9.91. The van der Waals surface area contributed by atoms with Gasteiger partial charge < -0.3 is 0 Å². The molecule has 2 fully saturated rings. The average molecular weight is 350 g/mol. The molecule has 1 aliphatic carbocycles. The van der Waals surface area contributed by atoms with Crippen LogP contribution in [0.1, 0.15) is 37.3 Å². The Labute approximate surface area is 133 Å². The molecule has 0 radical (unpaired) electrons. The number of halogens is 1. The van der Waals surface area contributed by atoms with Gasteiger partial charge in [-0.2, -0.15) is 0 Å².